The average molecular weight is 560 g/mol. The fraction of sp³-hybridized carbons (Fsp3) is 0.161. The van der Waals surface area contributed by atoms with Gasteiger partial charge >= 0.3 is 5.97 Å². The molecule has 10 heteroatoms. The zero-order valence-electron chi connectivity index (χ0n) is 22.5. The number of carbonyl (C=O) groups excluding carboxylic acids is 3. The van der Waals surface area contributed by atoms with Crippen molar-refractivity contribution >= 4 is 35.6 Å². The Labute approximate surface area is 236 Å². The highest BCUT2D eigenvalue weighted by atomic mass is 16.5. The van der Waals surface area contributed by atoms with E-state index >= 15 is 0 Å². The van der Waals surface area contributed by atoms with Crippen molar-refractivity contribution in [3.63, 3.8) is 0 Å². The summed E-state index contributed by atoms with van der Waals surface area (Å²) < 4.78 is 10.2. The number of hydrogen-bond donors (Lipinski definition) is 4. The minimum atomic E-state index is -1.43. The Morgan fingerprint density at radius 2 is 1.22 bits per heavy atom. The summed E-state index contributed by atoms with van der Waals surface area (Å²) in [5, 5.41) is 31.6. The molecule has 0 aromatic heterocycles. The SMILES string of the molecule is COc1cc(C=CC(=O)C(C(=O)C=Cc2ccc(O)c(OC)c2)C(NC(C)=O)c2ccc(C(=O)O)cc2)ccc1O. The molecule has 0 fully saturated rings. The molecule has 0 bridgehead atoms. The third kappa shape index (κ3) is 7.82. The molecule has 10 nitrogen and oxygen atoms in total. The summed E-state index contributed by atoms with van der Waals surface area (Å²) in [6.07, 6.45) is 5.26. The van der Waals surface area contributed by atoms with E-state index in [1.54, 1.807) is 12.1 Å². The van der Waals surface area contributed by atoms with E-state index in [-0.39, 0.29) is 28.6 Å². The number of phenolic OH excluding ortho intramolecular Hbond substituents is 2. The van der Waals surface area contributed by atoms with Crippen LogP contribution in [0.4, 0.5) is 0 Å². The molecule has 3 aromatic rings. The van der Waals surface area contributed by atoms with Crippen LogP contribution >= 0.6 is 0 Å². The van der Waals surface area contributed by atoms with Gasteiger partial charge in [-0.25, -0.2) is 4.79 Å². The van der Waals surface area contributed by atoms with Gasteiger partial charge in [-0.2, -0.15) is 0 Å². The van der Waals surface area contributed by atoms with Gasteiger partial charge in [-0.1, -0.05) is 36.4 Å². The highest BCUT2D eigenvalue weighted by molar-refractivity contribution is 6.14. The number of allylic oxidation sites excluding steroid dienone is 2. The molecule has 4 N–H and O–H groups in total. The second-order valence-corrected chi connectivity index (χ2v) is 8.92. The molecule has 0 aliphatic carbocycles. The molecule has 0 saturated carbocycles. The molecule has 0 saturated heterocycles. The van der Waals surface area contributed by atoms with Crippen molar-refractivity contribution in [2.24, 2.45) is 5.92 Å². The smallest absolute Gasteiger partial charge is 0.335 e. The predicted octanol–water partition coefficient (Wildman–Crippen LogP) is 4.17. The third-order valence-corrected chi connectivity index (χ3v) is 6.11. The highest BCUT2D eigenvalue weighted by Gasteiger charge is 2.34. The number of aromatic carboxylic acids is 1. The normalized spacial score (nSPS) is 12.6. The van der Waals surface area contributed by atoms with Gasteiger partial charge in [0.1, 0.15) is 5.92 Å². The van der Waals surface area contributed by atoms with E-state index in [1.165, 1.54) is 94.0 Å². The molecule has 41 heavy (non-hydrogen) atoms. The number of hydrogen-bond acceptors (Lipinski definition) is 8. The number of methoxy groups -OCH3 is 2. The number of ketones is 2. The van der Waals surface area contributed by atoms with Crippen LogP contribution in [0.25, 0.3) is 12.2 Å². The topological polar surface area (TPSA) is 159 Å². The summed E-state index contributed by atoms with van der Waals surface area (Å²) in [5.74, 6) is -4.18. The van der Waals surface area contributed by atoms with Gasteiger partial charge in [0.15, 0.2) is 34.6 Å². The molecule has 1 atom stereocenters. The van der Waals surface area contributed by atoms with Crippen LogP contribution in [0, 0.1) is 5.92 Å². The number of carboxylic acid groups (broad SMARTS) is 1. The molecule has 212 valence electrons. The zero-order valence-corrected chi connectivity index (χ0v) is 22.5. The van der Waals surface area contributed by atoms with Crippen LogP contribution in [0.15, 0.2) is 72.8 Å². The van der Waals surface area contributed by atoms with Gasteiger partial charge in [0.2, 0.25) is 5.91 Å². The first-order chi connectivity index (χ1) is 19.5. The Kier molecular flexibility index (Phi) is 10.0. The van der Waals surface area contributed by atoms with Crippen LogP contribution < -0.4 is 14.8 Å². The van der Waals surface area contributed by atoms with Crippen molar-refractivity contribution in [3.05, 3.63) is 95.1 Å². The van der Waals surface area contributed by atoms with Crippen molar-refractivity contribution in [1.82, 2.24) is 5.32 Å². The van der Waals surface area contributed by atoms with Crippen molar-refractivity contribution in [2.75, 3.05) is 14.2 Å². The molecule has 0 spiro atoms. The van der Waals surface area contributed by atoms with Crippen LogP contribution in [0.5, 0.6) is 23.0 Å². The summed E-state index contributed by atoms with van der Waals surface area (Å²) in [6, 6.07) is 13.3. The van der Waals surface area contributed by atoms with E-state index in [9.17, 15) is 34.5 Å². The first-order valence-electron chi connectivity index (χ1n) is 12.3. The minimum absolute atomic E-state index is 0.00752. The lowest BCUT2D eigenvalue weighted by Crippen LogP contribution is -2.39. The number of rotatable bonds is 12. The Balaban J connectivity index is 2.05. The second kappa shape index (κ2) is 13.6. The number of nitrogens with one attached hydrogen (secondary N) is 1. The summed E-state index contributed by atoms with van der Waals surface area (Å²) in [6.45, 7) is 1.24. The maximum Gasteiger partial charge on any atom is 0.335 e. The van der Waals surface area contributed by atoms with Crippen molar-refractivity contribution < 1.29 is 44.0 Å². The lowest BCUT2D eigenvalue weighted by Gasteiger charge is -2.25. The Hall–Kier alpha value is -5.38. The minimum Gasteiger partial charge on any atom is -0.504 e. The number of ether oxygens (including phenoxy) is 2. The van der Waals surface area contributed by atoms with Crippen LogP contribution in [-0.2, 0) is 14.4 Å². The molecular weight excluding hydrogens is 530 g/mol. The third-order valence-electron chi connectivity index (χ3n) is 6.11. The predicted molar refractivity (Wildman–Crippen MR) is 151 cm³/mol. The van der Waals surface area contributed by atoms with Gasteiger partial charge in [-0.3, -0.25) is 14.4 Å². The van der Waals surface area contributed by atoms with Crippen LogP contribution in [0.1, 0.15) is 40.0 Å². The lowest BCUT2D eigenvalue weighted by molar-refractivity contribution is -0.129. The number of aromatic hydroxyl groups is 2. The summed E-state index contributed by atoms with van der Waals surface area (Å²) in [7, 11) is 2.76. The largest absolute Gasteiger partial charge is 0.504 e. The van der Waals surface area contributed by atoms with E-state index in [0.29, 0.717) is 16.7 Å². The number of carboxylic acids is 1. The fourth-order valence-corrected chi connectivity index (χ4v) is 4.04. The average Bonchev–Trinajstić information content (AvgIpc) is 2.95. The lowest BCUT2D eigenvalue weighted by atomic mass is 9.85. The Morgan fingerprint density at radius 3 is 1.61 bits per heavy atom. The van der Waals surface area contributed by atoms with Crippen LogP contribution in [0.2, 0.25) is 0 Å². The number of phenols is 2. The first kappa shape index (κ1) is 30.2. The zero-order chi connectivity index (χ0) is 30.1. The monoisotopic (exact) mass is 559 g/mol. The van der Waals surface area contributed by atoms with Crippen LogP contribution in [0.3, 0.4) is 0 Å². The van der Waals surface area contributed by atoms with Crippen molar-refractivity contribution in [3.8, 4) is 23.0 Å². The summed E-state index contributed by atoms with van der Waals surface area (Å²) in [4.78, 5) is 50.7. The molecule has 0 radical (unpaired) electrons. The molecule has 1 unspecified atom stereocenters. The van der Waals surface area contributed by atoms with Crippen LogP contribution in [-0.4, -0.2) is 53.0 Å². The molecule has 0 aliphatic rings. The van der Waals surface area contributed by atoms with Crippen molar-refractivity contribution in [1.29, 1.82) is 0 Å². The highest BCUT2D eigenvalue weighted by Crippen LogP contribution is 2.30. The van der Waals surface area contributed by atoms with Crippen molar-refractivity contribution in [2.45, 2.75) is 13.0 Å². The molecule has 3 aromatic carbocycles. The van der Waals surface area contributed by atoms with Gasteiger partial charge in [-0.05, 0) is 65.2 Å². The second-order valence-electron chi connectivity index (χ2n) is 8.92. The van der Waals surface area contributed by atoms with Gasteiger partial charge in [0, 0.05) is 6.92 Å². The Bertz CT molecular complexity index is 1430. The molecule has 0 heterocycles. The Morgan fingerprint density at radius 1 is 0.756 bits per heavy atom. The molecule has 1 amide bonds. The van der Waals surface area contributed by atoms with E-state index in [1.807, 2.05) is 0 Å². The quantitative estimate of drug-likeness (QED) is 0.189. The maximum absolute atomic E-state index is 13.6. The van der Waals surface area contributed by atoms with E-state index in [0.717, 1.165) is 0 Å². The number of carbonyl (C=O) groups is 4. The number of benzene rings is 3. The summed E-state index contributed by atoms with van der Waals surface area (Å²) in [5.41, 5.74) is 1.35. The number of amides is 1. The van der Waals surface area contributed by atoms with Gasteiger partial charge in [0.25, 0.3) is 0 Å². The maximum atomic E-state index is 13.6. The molecule has 3 rings (SSSR count). The van der Waals surface area contributed by atoms with E-state index in [2.05, 4.69) is 5.32 Å². The standard InChI is InChI=1S/C31H29NO9/c1-18(33)32-30(21-8-10-22(11-9-21)31(38)39)29(25(36)14-6-19-4-12-23(34)27(16-19)40-2)26(37)15-7-20-5-13-24(35)28(17-20)41-3/h4-17,29-30,34-35H,1-3H3,(H,32,33)(H,38,39). The van der Waals surface area contributed by atoms with Gasteiger partial charge in [0.05, 0.1) is 25.8 Å². The van der Waals surface area contributed by atoms with Gasteiger partial charge < -0.3 is 30.1 Å². The fourth-order valence-electron chi connectivity index (χ4n) is 4.04. The first-order valence-corrected chi connectivity index (χ1v) is 12.3. The van der Waals surface area contributed by atoms with E-state index < -0.39 is 35.4 Å². The van der Waals surface area contributed by atoms with E-state index in [4.69, 9.17) is 9.47 Å². The molecular formula is C31H29NO9. The van der Waals surface area contributed by atoms with Gasteiger partial charge in [-0.15, -0.1) is 0 Å². The molecule has 0 aliphatic heterocycles. The summed E-state index contributed by atoms with van der Waals surface area (Å²) >= 11 is 0.